The molecule has 0 aliphatic heterocycles. The molecule has 0 amide bonds. The summed E-state index contributed by atoms with van der Waals surface area (Å²) in [6.07, 6.45) is 62.0. The average molecular weight is 1830 g/mol. The minimum absolute atomic E-state index is 0. The average Bonchev–Trinajstić information content (AvgIpc) is 0.909. The van der Waals surface area contributed by atoms with Crippen LogP contribution in [0.2, 0.25) is 0 Å². The predicted molar refractivity (Wildman–Crippen MR) is 504 cm³/mol. The molecule has 0 aliphatic carbocycles. The van der Waals surface area contributed by atoms with Gasteiger partial charge in [0.1, 0.15) is 0 Å². The fourth-order valence-electron chi connectivity index (χ4n) is 15.1. The molecule has 0 aliphatic rings. The quantitative estimate of drug-likeness (QED) is 0.0314. The zero-order valence-electron chi connectivity index (χ0n) is 81.3. The Bertz CT molecular complexity index is 1930. The van der Waals surface area contributed by atoms with E-state index in [0.717, 1.165) is 231 Å². The predicted octanol–water partition coefficient (Wildman–Crippen LogP) is 31.2. The second kappa shape index (κ2) is 85.3. The Balaban J connectivity index is -0.000000243. The Morgan fingerprint density at radius 1 is 0.165 bits per heavy atom. The van der Waals surface area contributed by atoms with Gasteiger partial charge in [-0.25, -0.2) is 0 Å². The summed E-state index contributed by atoms with van der Waals surface area (Å²) < 4.78 is 74.1. The zero-order chi connectivity index (χ0) is 88.4. The Morgan fingerprint density at radius 2 is 0.270 bits per heavy atom. The van der Waals surface area contributed by atoms with Crippen LogP contribution in [0.25, 0.3) is 0 Å². The second-order valence-electron chi connectivity index (χ2n) is 36.1. The molecule has 115 heavy (non-hydrogen) atoms. The van der Waals surface area contributed by atoms with E-state index >= 15 is 0 Å². The first kappa shape index (κ1) is 130. The van der Waals surface area contributed by atoms with Gasteiger partial charge >= 0.3 is 21.1 Å². The molecule has 18 atom stereocenters. The Labute approximate surface area is 736 Å². The zero-order valence-corrected chi connectivity index (χ0v) is 88.7. The maximum Gasteiger partial charge on any atom is 6.00 e. The molecule has 0 N–H and O–H groups in total. The van der Waals surface area contributed by atoms with E-state index in [2.05, 4.69) is 125 Å². The molecule has 0 heterocycles. The largest absolute Gasteiger partial charge is 6.00 e. The molecule has 19 heteroatoms. The summed E-state index contributed by atoms with van der Waals surface area (Å²) >= 11 is 0. The normalized spacial score (nSPS) is 17.8. The van der Waals surface area contributed by atoms with Crippen molar-refractivity contribution in [2.75, 3.05) is 37.0 Å². The molecule has 0 saturated carbocycles. The van der Waals surface area contributed by atoms with E-state index in [1.807, 2.05) is 41.5 Å². The van der Waals surface area contributed by atoms with E-state index in [1.54, 1.807) is 0 Å². The fraction of sp³-hybridized carbons (Fsp3) is 1.00. The van der Waals surface area contributed by atoms with Crippen LogP contribution in [0.4, 0.5) is 0 Å². The van der Waals surface area contributed by atoms with Crippen LogP contribution in [0.5, 0.6) is 0 Å². The van der Waals surface area contributed by atoms with E-state index in [9.17, 15) is 56.8 Å². The molecular formula is C96H204MoO12P6. The summed E-state index contributed by atoms with van der Waals surface area (Å²) in [5.74, 6) is 2.26. The third-order valence-corrected chi connectivity index (χ3v) is 41.0. The van der Waals surface area contributed by atoms with Crippen molar-refractivity contribution in [3.63, 3.8) is 0 Å². The van der Waals surface area contributed by atoms with Crippen LogP contribution >= 0.6 is 44.2 Å². The SMILES string of the molecule is CCCCCCC(C)P(=O)([O-])CC(CC)CCCC.CCCCCCC(C)P(=O)([O-])CC(CC)CCCC.CCCCCCC(C)P(=O)([O-])CC(CC)CCCC.CCCCCCC(C)P(=O)([O-])CC(CC)CCCC.CCCCCCC(C)P(=O)([O-])CC(CC)CCCC.CCCCCCC(C)P(=O)([O-])CC(CC)CCCC.[Mo+6]. The molecule has 696 valence electrons. The summed E-state index contributed by atoms with van der Waals surface area (Å²) in [7, 11) is -19.2. The van der Waals surface area contributed by atoms with Gasteiger partial charge in [0.25, 0.3) is 0 Å². The van der Waals surface area contributed by atoms with E-state index in [1.165, 1.54) is 116 Å². The standard InChI is InChI=1S/6C16H35O2P.Mo/c6*1-5-8-10-11-12-15(4)19(17,18)14-16(7-3)13-9-6-2;/h6*15-16H,5-14H2,1-4H3,(H,17,18);/q;;;;;;+6/p-6. The molecule has 18 unspecified atom stereocenters. The van der Waals surface area contributed by atoms with Crippen LogP contribution in [0, 0.1) is 35.5 Å². The van der Waals surface area contributed by atoms with Gasteiger partial charge < -0.3 is 56.8 Å². The minimum Gasteiger partial charge on any atom is -0.799 e. The molecule has 0 bridgehead atoms. The maximum absolute atomic E-state index is 12.4. The summed E-state index contributed by atoms with van der Waals surface area (Å²) in [4.78, 5) is 74.1. The Kier molecular flexibility index (Phi) is 96.4. The van der Waals surface area contributed by atoms with Gasteiger partial charge in [0.05, 0.1) is 0 Å². The molecule has 0 spiro atoms. The second-order valence-corrected chi connectivity index (χ2v) is 52.3. The molecule has 12 nitrogen and oxygen atoms in total. The van der Waals surface area contributed by atoms with E-state index in [-0.39, 0.29) is 55.0 Å². The number of unbranched alkanes of at least 4 members (excludes halogenated alkanes) is 24. The van der Waals surface area contributed by atoms with Gasteiger partial charge in [-0.2, -0.15) is 0 Å². The summed E-state index contributed by atoms with van der Waals surface area (Å²) in [6, 6.07) is 0. The van der Waals surface area contributed by atoms with Gasteiger partial charge in [-0.15, -0.1) is 0 Å². The Morgan fingerprint density at radius 3 is 0.357 bits per heavy atom. The van der Waals surface area contributed by atoms with Crippen molar-refractivity contribution in [1.82, 2.24) is 0 Å². The van der Waals surface area contributed by atoms with Gasteiger partial charge in [-0.3, -0.25) is 0 Å². The van der Waals surface area contributed by atoms with E-state index in [0.29, 0.717) is 72.5 Å². The Hall–Kier alpha value is 1.83. The van der Waals surface area contributed by atoms with Crippen molar-refractivity contribution < 1.29 is 77.8 Å². The molecule has 0 aromatic heterocycles. The first-order valence-electron chi connectivity index (χ1n) is 49.6. The van der Waals surface area contributed by atoms with Crippen LogP contribution < -0.4 is 29.4 Å². The summed E-state index contributed by atoms with van der Waals surface area (Å²) in [5, 5.41) is 0. The first-order valence-corrected chi connectivity index (χ1v) is 60.9. The van der Waals surface area contributed by atoms with Crippen LogP contribution in [0.1, 0.15) is 513 Å². The third kappa shape index (κ3) is 76.8. The molecule has 0 rings (SSSR count). The first-order chi connectivity index (χ1) is 53.8. The minimum atomic E-state index is -3.20. The smallest absolute Gasteiger partial charge is 0.799 e. The molecular weight excluding hydrogens is 1630 g/mol. The van der Waals surface area contributed by atoms with Gasteiger partial charge in [0, 0.05) is 44.2 Å². The van der Waals surface area contributed by atoms with Crippen molar-refractivity contribution >= 4 is 44.2 Å². The molecule has 0 fully saturated rings. The number of hydrogen-bond donors (Lipinski definition) is 0. The van der Waals surface area contributed by atoms with Gasteiger partial charge in [-0.1, -0.05) is 474 Å². The van der Waals surface area contributed by atoms with Gasteiger partial charge in [-0.05, 0) is 145 Å². The third-order valence-electron chi connectivity index (χ3n) is 25.2. The molecule has 0 aromatic carbocycles. The molecule has 0 radical (unpaired) electrons. The van der Waals surface area contributed by atoms with Gasteiger partial charge in [0.2, 0.25) is 0 Å². The van der Waals surface area contributed by atoms with E-state index < -0.39 is 44.2 Å². The van der Waals surface area contributed by atoms with Gasteiger partial charge in [0.15, 0.2) is 0 Å². The topological polar surface area (TPSA) is 241 Å². The fourth-order valence-corrected chi connectivity index (χ4v) is 27.7. The van der Waals surface area contributed by atoms with Crippen molar-refractivity contribution in [1.29, 1.82) is 0 Å². The van der Waals surface area contributed by atoms with Crippen molar-refractivity contribution in [3.8, 4) is 0 Å². The van der Waals surface area contributed by atoms with Crippen LogP contribution in [-0.2, 0) is 48.5 Å². The van der Waals surface area contributed by atoms with Crippen LogP contribution in [-0.4, -0.2) is 70.9 Å². The van der Waals surface area contributed by atoms with Crippen LogP contribution in [0.3, 0.4) is 0 Å². The van der Waals surface area contributed by atoms with Crippen molar-refractivity contribution in [3.05, 3.63) is 0 Å². The molecule has 0 saturated heterocycles. The van der Waals surface area contributed by atoms with Crippen LogP contribution in [0.15, 0.2) is 0 Å². The van der Waals surface area contributed by atoms with Crippen molar-refractivity contribution in [2.45, 2.75) is 547 Å². The van der Waals surface area contributed by atoms with E-state index in [4.69, 9.17) is 0 Å². The maximum atomic E-state index is 12.4. The van der Waals surface area contributed by atoms with Crippen molar-refractivity contribution in [2.24, 2.45) is 35.5 Å². The monoisotopic (exact) mass is 1830 g/mol. The summed E-state index contributed by atoms with van der Waals surface area (Å²) in [6.45, 7) is 50.2. The molecule has 0 aromatic rings. The number of hydrogen-bond acceptors (Lipinski definition) is 12. The number of rotatable bonds is 72. The summed E-state index contributed by atoms with van der Waals surface area (Å²) in [5.41, 5.74) is -0.750.